The van der Waals surface area contributed by atoms with Crippen LogP contribution in [-0.4, -0.2) is 22.4 Å². The molecule has 0 saturated heterocycles. The summed E-state index contributed by atoms with van der Waals surface area (Å²) in [6, 6.07) is 2.75. The highest BCUT2D eigenvalue weighted by molar-refractivity contribution is 5.91. The molecule has 0 radical (unpaired) electrons. The molecule has 1 aromatic carbocycles. The summed E-state index contributed by atoms with van der Waals surface area (Å²) in [5, 5.41) is 21.5. The van der Waals surface area contributed by atoms with E-state index in [1.807, 2.05) is 13.8 Å². The Balaban J connectivity index is 2.92. The summed E-state index contributed by atoms with van der Waals surface area (Å²) in [5.41, 5.74) is -1.23. The standard InChI is InChI=1S/C13H16N2O6/c1-3-4-9(2)8-21-13(16)10-5-11(14(17)18)7-12(6-10)15(19)20/h5-7,9H,3-4,8H2,1-2H3/t9-/m0/s1. The number of rotatable bonds is 7. The zero-order valence-corrected chi connectivity index (χ0v) is 11.8. The van der Waals surface area contributed by atoms with Crippen LogP contribution in [0.1, 0.15) is 37.0 Å². The van der Waals surface area contributed by atoms with Crippen LogP contribution < -0.4 is 0 Å². The first-order chi connectivity index (χ1) is 9.85. The van der Waals surface area contributed by atoms with E-state index in [0.29, 0.717) is 0 Å². The maximum Gasteiger partial charge on any atom is 0.338 e. The lowest BCUT2D eigenvalue weighted by molar-refractivity contribution is -0.394. The van der Waals surface area contributed by atoms with Gasteiger partial charge >= 0.3 is 5.97 Å². The van der Waals surface area contributed by atoms with E-state index in [1.54, 1.807) is 0 Å². The van der Waals surface area contributed by atoms with Crippen molar-refractivity contribution in [3.8, 4) is 0 Å². The molecule has 0 amide bonds. The van der Waals surface area contributed by atoms with Crippen LogP contribution in [0.3, 0.4) is 0 Å². The molecule has 0 heterocycles. The van der Waals surface area contributed by atoms with E-state index in [1.165, 1.54) is 0 Å². The normalized spacial score (nSPS) is 11.7. The first-order valence-electron chi connectivity index (χ1n) is 6.46. The minimum Gasteiger partial charge on any atom is -0.462 e. The molecule has 0 aromatic heterocycles. The Bertz CT molecular complexity index is 525. The van der Waals surface area contributed by atoms with Crippen molar-refractivity contribution in [2.75, 3.05) is 6.61 Å². The number of ether oxygens (including phenoxy) is 1. The van der Waals surface area contributed by atoms with Crippen molar-refractivity contribution in [1.82, 2.24) is 0 Å². The molecule has 1 aromatic rings. The van der Waals surface area contributed by atoms with E-state index < -0.39 is 27.2 Å². The largest absolute Gasteiger partial charge is 0.462 e. The number of benzene rings is 1. The predicted molar refractivity (Wildman–Crippen MR) is 74.1 cm³/mol. The highest BCUT2D eigenvalue weighted by atomic mass is 16.6. The van der Waals surface area contributed by atoms with Crippen LogP contribution >= 0.6 is 0 Å². The highest BCUT2D eigenvalue weighted by Gasteiger charge is 2.21. The third-order valence-corrected chi connectivity index (χ3v) is 2.84. The van der Waals surface area contributed by atoms with Crippen molar-refractivity contribution >= 4 is 17.3 Å². The number of nitro benzene ring substituents is 2. The van der Waals surface area contributed by atoms with Crippen LogP contribution in [-0.2, 0) is 4.74 Å². The van der Waals surface area contributed by atoms with Gasteiger partial charge in [0.05, 0.1) is 28.1 Å². The van der Waals surface area contributed by atoms with E-state index >= 15 is 0 Å². The SMILES string of the molecule is CCC[C@H](C)COC(=O)c1cc([N+](=O)[O-])cc([N+](=O)[O-])c1. The van der Waals surface area contributed by atoms with E-state index in [9.17, 15) is 25.0 Å². The van der Waals surface area contributed by atoms with Gasteiger partial charge in [0.1, 0.15) is 0 Å². The Morgan fingerprint density at radius 2 is 1.71 bits per heavy atom. The molecule has 21 heavy (non-hydrogen) atoms. The molecular formula is C13H16N2O6. The molecule has 0 aliphatic heterocycles. The van der Waals surface area contributed by atoms with Gasteiger partial charge in [0, 0.05) is 12.1 Å². The van der Waals surface area contributed by atoms with E-state index in [2.05, 4.69) is 0 Å². The third-order valence-electron chi connectivity index (χ3n) is 2.84. The molecule has 0 spiro atoms. The zero-order chi connectivity index (χ0) is 16.0. The maximum atomic E-state index is 11.8. The Morgan fingerprint density at radius 3 is 2.14 bits per heavy atom. The third kappa shape index (κ3) is 4.83. The average Bonchev–Trinajstić information content (AvgIpc) is 2.44. The minimum absolute atomic E-state index is 0.160. The Hall–Kier alpha value is -2.51. The first-order valence-corrected chi connectivity index (χ1v) is 6.46. The van der Waals surface area contributed by atoms with Crippen molar-refractivity contribution < 1.29 is 19.4 Å². The number of carbonyl (C=O) groups excluding carboxylic acids is 1. The fourth-order valence-corrected chi connectivity index (χ4v) is 1.80. The van der Waals surface area contributed by atoms with Gasteiger partial charge in [-0.1, -0.05) is 20.3 Å². The van der Waals surface area contributed by atoms with E-state index in [-0.39, 0.29) is 18.1 Å². The van der Waals surface area contributed by atoms with Gasteiger partial charge in [-0.25, -0.2) is 4.79 Å². The van der Waals surface area contributed by atoms with Crippen molar-refractivity contribution in [3.63, 3.8) is 0 Å². The smallest absolute Gasteiger partial charge is 0.338 e. The van der Waals surface area contributed by atoms with Crippen LogP contribution in [0.15, 0.2) is 18.2 Å². The molecule has 0 aliphatic carbocycles. The molecule has 114 valence electrons. The van der Waals surface area contributed by atoms with Crippen LogP contribution in [0.4, 0.5) is 11.4 Å². The number of hydrogen-bond acceptors (Lipinski definition) is 6. The Labute approximate surface area is 121 Å². The summed E-state index contributed by atoms with van der Waals surface area (Å²) in [5.74, 6) is -0.641. The highest BCUT2D eigenvalue weighted by Crippen LogP contribution is 2.23. The van der Waals surface area contributed by atoms with Gasteiger partial charge in [0.15, 0.2) is 0 Å². The number of nitrogens with zero attached hydrogens (tertiary/aromatic N) is 2. The van der Waals surface area contributed by atoms with Crippen LogP contribution in [0.25, 0.3) is 0 Å². The quantitative estimate of drug-likeness (QED) is 0.434. The van der Waals surface area contributed by atoms with Crippen LogP contribution in [0.5, 0.6) is 0 Å². The fraction of sp³-hybridized carbons (Fsp3) is 0.462. The zero-order valence-electron chi connectivity index (χ0n) is 11.8. The van der Waals surface area contributed by atoms with Crippen LogP contribution in [0, 0.1) is 26.1 Å². The van der Waals surface area contributed by atoms with Gasteiger partial charge in [-0.05, 0) is 12.3 Å². The number of carbonyl (C=O) groups is 1. The molecule has 0 bridgehead atoms. The molecule has 0 saturated carbocycles. The molecule has 1 atom stereocenters. The topological polar surface area (TPSA) is 113 Å². The molecule has 8 nitrogen and oxygen atoms in total. The van der Waals surface area contributed by atoms with Crippen LogP contribution in [0.2, 0.25) is 0 Å². The van der Waals surface area contributed by atoms with Gasteiger partial charge in [-0.15, -0.1) is 0 Å². The van der Waals surface area contributed by atoms with Crippen molar-refractivity contribution in [3.05, 3.63) is 44.0 Å². The number of hydrogen-bond donors (Lipinski definition) is 0. The average molecular weight is 296 g/mol. The molecule has 0 unspecified atom stereocenters. The number of non-ortho nitro benzene ring substituents is 2. The van der Waals surface area contributed by atoms with Crippen molar-refractivity contribution in [2.45, 2.75) is 26.7 Å². The molecular weight excluding hydrogens is 280 g/mol. The van der Waals surface area contributed by atoms with E-state index in [0.717, 1.165) is 31.0 Å². The second-order valence-electron chi connectivity index (χ2n) is 4.74. The lowest BCUT2D eigenvalue weighted by atomic mass is 10.1. The van der Waals surface area contributed by atoms with Gasteiger partial charge in [0.25, 0.3) is 11.4 Å². The number of nitro groups is 2. The predicted octanol–water partition coefficient (Wildman–Crippen LogP) is 3.10. The monoisotopic (exact) mass is 296 g/mol. The molecule has 0 aliphatic rings. The fourth-order valence-electron chi connectivity index (χ4n) is 1.80. The molecule has 0 fully saturated rings. The lowest BCUT2D eigenvalue weighted by Gasteiger charge is -2.10. The first kappa shape index (κ1) is 16.5. The lowest BCUT2D eigenvalue weighted by Crippen LogP contribution is -2.12. The molecule has 0 N–H and O–H groups in total. The van der Waals surface area contributed by atoms with Gasteiger partial charge in [0.2, 0.25) is 0 Å². The number of esters is 1. The van der Waals surface area contributed by atoms with E-state index in [4.69, 9.17) is 4.74 Å². The second-order valence-corrected chi connectivity index (χ2v) is 4.74. The minimum atomic E-state index is -0.801. The molecule has 8 heteroatoms. The summed E-state index contributed by atoms with van der Waals surface area (Å²) < 4.78 is 5.03. The summed E-state index contributed by atoms with van der Waals surface area (Å²) in [7, 11) is 0. The Kier molecular flexibility index (Phi) is 5.77. The molecule has 1 rings (SSSR count). The maximum absolute atomic E-state index is 11.8. The Morgan fingerprint density at radius 1 is 1.19 bits per heavy atom. The summed E-state index contributed by atoms with van der Waals surface area (Å²) in [4.78, 5) is 31.7. The van der Waals surface area contributed by atoms with Crippen molar-refractivity contribution in [1.29, 1.82) is 0 Å². The summed E-state index contributed by atoms with van der Waals surface area (Å²) in [6.07, 6.45) is 1.82. The van der Waals surface area contributed by atoms with Gasteiger partial charge < -0.3 is 4.74 Å². The van der Waals surface area contributed by atoms with Gasteiger partial charge in [-0.2, -0.15) is 0 Å². The van der Waals surface area contributed by atoms with Crippen molar-refractivity contribution in [2.24, 2.45) is 5.92 Å². The second kappa shape index (κ2) is 7.32. The summed E-state index contributed by atoms with van der Waals surface area (Å²) >= 11 is 0. The summed E-state index contributed by atoms with van der Waals surface area (Å²) in [6.45, 7) is 4.08. The van der Waals surface area contributed by atoms with Gasteiger partial charge in [-0.3, -0.25) is 20.2 Å².